The number of para-hydroxylation sites is 1. The second-order valence-corrected chi connectivity index (χ2v) is 5.96. The summed E-state index contributed by atoms with van der Waals surface area (Å²) in [5.41, 5.74) is 0.515. The Morgan fingerprint density at radius 2 is 1.92 bits per heavy atom. The largest absolute Gasteiger partial charge is 0.451 e. The van der Waals surface area contributed by atoms with Crippen LogP contribution in [0.2, 0.25) is 10.0 Å². The number of benzene rings is 2. The lowest BCUT2D eigenvalue weighted by atomic mass is 10.2. The zero-order valence-corrected chi connectivity index (χ0v) is 14.1. The van der Waals surface area contributed by atoms with Gasteiger partial charge in [0.1, 0.15) is 0 Å². The highest BCUT2D eigenvalue weighted by atomic mass is 35.5. The number of aromatic nitrogens is 2. The maximum atomic E-state index is 12.2. The van der Waals surface area contributed by atoms with Crippen molar-refractivity contribution in [2.24, 2.45) is 0 Å². The maximum Gasteiger partial charge on any atom is 0.338 e. The summed E-state index contributed by atoms with van der Waals surface area (Å²) in [7, 11) is 0. The van der Waals surface area contributed by atoms with E-state index >= 15 is 0 Å². The van der Waals surface area contributed by atoms with E-state index in [1.807, 2.05) is 0 Å². The number of hydrogen-bond donors (Lipinski definition) is 1. The molecule has 0 bridgehead atoms. The van der Waals surface area contributed by atoms with Crippen LogP contribution >= 0.6 is 23.2 Å². The standard InChI is InChI=1S/C17H12Cl2N2O3/c1-9(24-17(23)10-6-7-12(18)13(19)8-10)15-20-14-5-3-2-4-11(14)16(22)21-15/h2-9H,1H3,(H,20,21,22)/t9-/m1/s1. The van der Waals surface area contributed by atoms with Crippen LogP contribution in [0.5, 0.6) is 0 Å². The van der Waals surface area contributed by atoms with Crippen LogP contribution in [0.15, 0.2) is 47.3 Å². The van der Waals surface area contributed by atoms with Gasteiger partial charge in [-0.2, -0.15) is 0 Å². The second-order valence-electron chi connectivity index (χ2n) is 5.14. The third-order valence-electron chi connectivity index (χ3n) is 3.46. The Balaban J connectivity index is 1.86. The van der Waals surface area contributed by atoms with Crippen molar-refractivity contribution in [3.63, 3.8) is 0 Å². The quantitative estimate of drug-likeness (QED) is 0.710. The van der Waals surface area contributed by atoms with Gasteiger partial charge in [0, 0.05) is 0 Å². The van der Waals surface area contributed by atoms with E-state index in [4.69, 9.17) is 27.9 Å². The Kier molecular flexibility index (Phi) is 4.55. The first-order chi connectivity index (χ1) is 11.5. The molecule has 122 valence electrons. The van der Waals surface area contributed by atoms with Gasteiger partial charge in [0.25, 0.3) is 5.56 Å². The summed E-state index contributed by atoms with van der Waals surface area (Å²) < 4.78 is 5.35. The number of rotatable bonds is 3. The smallest absolute Gasteiger partial charge is 0.338 e. The minimum atomic E-state index is -0.732. The number of nitrogens with one attached hydrogen (secondary N) is 1. The van der Waals surface area contributed by atoms with Crippen molar-refractivity contribution in [2.45, 2.75) is 13.0 Å². The second kappa shape index (κ2) is 6.63. The molecule has 0 aliphatic heterocycles. The number of nitrogens with zero attached hydrogens (tertiary/aromatic N) is 1. The number of ether oxygens (including phenoxy) is 1. The van der Waals surface area contributed by atoms with Crippen LogP contribution in [-0.2, 0) is 4.74 Å². The topological polar surface area (TPSA) is 72.0 Å². The molecule has 1 aromatic heterocycles. The van der Waals surface area contributed by atoms with E-state index < -0.39 is 12.1 Å². The number of carbonyl (C=O) groups is 1. The van der Waals surface area contributed by atoms with E-state index in [-0.39, 0.29) is 22.0 Å². The SMILES string of the molecule is C[C@@H](OC(=O)c1ccc(Cl)c(Cl)c1)c1nc2ccccc2c(=O)[nH]1. The molecule has 0 saturated heterocycles. The van der Waals surface area contributed by atoms with Crippen molar-refractivity contribution >= 4 is 40.1 Å². The fourth-order valence-electron chi connectivity index (χ4n) is 2.20. The molecule has 1 atom stereocenters. The molecule has 7 heteroatoms. The summed E-state index contributed by atoms with van der Waals surface area (Å²) in [6, 6.07) is 11.4. The first-order valence-electron chi connectivity index (χ1n) is 7.10. The number of H-pyrrole nitrogens is 1. The van der Waals surface area contributed by atoms with Crippen LogP contribution in [0.4, 0.5) is 0 Å². The van der Waals surface area contributed by atoms with Crippen molar-refractivity contribution in [1.82, 2.24) is 9.97 Å². The Morgan fingerprint density at radius 1 is 1.17 bits per heavy atom. The van der Waals surface area contributed by atoms with Crippen LogP contribution in [0.3, 0.4) is 0 Å². The third-order valence-corrected chi connectivity index (χ3v) is 4.19. The number of halogens is 2. The van der Waals surface area contributed by atoms with Gasteiger partial charge >= 0.3 is 5.97 Å². The summed E-state index contributed by atoms with van der Waals surface area (Å²) in [6.07, 6.45) is -0.732. The number of hydrogen-bond acceptors (Lipinski definition) is 4. The van der Waals surface area contributed by atoms with E-state index in [0.29, 0.717) is 15.9 Å². The predicted molar refractivity (Wildman–Crippen MR) is 92.7 cm³/mol. The van der Waals surface area contributed by atoms with E-state index in [9.17, 15) is 9.59 Å². The fourth-order valence-corrected chi connectivity index (χ4v) is 2.50. The molecule has 0 fully saturated rings. The van der Waals surface area contributed by atoms with Crippen LogP contribution in [0.1, 0.15) is 29.2 Å². The normalized spacial score (nSPS) is 12.1. The van der Waals surface area contributed by atoms with E-state index in [1.54, 1.807) is 31.2 Å². The van der Waals surface area contributed by atoms with Crippen molar-refractivity contribution in [3.8, 4) is 0 Å². The number of fused-ring (bicyclic) bond motifs is 1. The van der Waals surface area contributed by atoms with Crippen molar-refractivity contribution in [1.29, 1.82) is 0 Å². The molecular weight excluding hydrogens is 351 g/mol. The number of esters is 1. The molecule has 1 N–H and O–H groups in total. The van der Waals surface area contributed by atoms with Gasteiger partial charge in [0.2, 0.25) is 0 Å². The van der Waals surface area contributed by atoms with E-state index in [0.717, 1.165) is 0 Å². The molecule has 0 unspecified atom stereocenters. The molecule has 0 saturated carbocycles. The molecule has 24 heavy (non-hydrogen) atoms. The Bertz CT molecular complexity index is 985. The van der Waals surface area contributed by atoms with E-state index in [2.05, 4.69) is 9.97 Å². The molecule has 0 aliphatic rings. The molecule has 0 radical (unpaired) electrons. The molecule has 0 aliphatic carbocycles. The van der Waals surface area contributed by atoms with Crippen molar-refractivity contribution < 1.29 is 9.53 Å². The zero-order valence-electron chi connectivity index (χ0n) is 12.5. The Hall–Kier alpha value is -2.37. The van der Waals surface area contributed by atoms with Gasteiger partial charge in [-0.05, 0) is 37.3 Å². The van der Waals surface area contributed by atoms with E-state index in [1.165, 1.54) is 18.2 Å². The van der Waals surface area contributed by atoms with Crippen LogP contribution in [0.25, 0.3) is 10.9 Å². The lowest BCUT2D eigenvalue weighted by Gasteiger charge is -2.13. The van der Waals surface area contributed by atoms with Crippen molar-refractivity contribution in [2.75, 3.05) is 0 Å². The molecule has 3 aromatic rings. The first kappa shape index (κ1) is 16.5. The minimum absolute atomic E-state index is 0.260. The lowest BCUT2D eigenvalue weighted by Crippen LogP contribution is -2.17. The summed E-state index contributed by atoms with van der Waals surface area (Å²) in [5, 5.41) is 1.09. The Labute approximate surface area is 147 Å². The maximum absolute atomic E-state index is 12.2. The van der Waals surface area contributed by atoms with Gasteiger partial charge in [-0.1, -0.05) is 35.3 Å². The molecule has 0 amide bonds. The van der Waals surface area contributed by atoms with Gasteiger partial charge in [0.05, 0.1) is 26.5 Å². The highest BCUT2D eigenvalue weighted by molar-refractivity contribution is 6.42. The lowest BCUT2D eigenvalue weighted by molar-refractivity contribution is 0.0320. The average Bonchev–Trinajstić information content (AvgIpc) is 2.57. The van der Waals surface area contributed by atoms with Gasteiger partial charge in [0.15, 0.2) is 11.9 Å². The minimum Gasteiger partial charge on any atom is -0.451 e. The predicted octanol–water partition coefficient (Wildman–Crippen LogP) is 4.15. The van der Waals surface area contributed by atoms with Gasteiger partial charge in [-0.15, -0.1) is 0 Å². The summed E-state index contributed by atoms with van der Waals surface area (Å²) >= 11 is 11.7. The molecule has 3 rings (SSSR count). The van der Waals surface area contributed by atoms with Gasteiger partial charge in [-0.3, -0.25) is 4.79 Å². The molecule has 0 spiro atoms. The summed E-state index contributed by atoms with van der Waals surface area (Å²) in [6.45, 7) is 1.63. The Morgan fingerprint density at radius 3 is 2.67 bits per heavy atom. The molecule has 1 heterocycles. The van der Waals surface area contributed by atoms with Crippen LogP contribution < -0.4 is 5.56 Å². The third kappa shape index (κ3) is 3.27. The highest BCUT2D eigenvalue weighted by Crippen LogP contribution is 2.24. The van der Waals surface area contributed by atoms with Crippen LogP contribution in [0, 0.1) is 0 Å². The molecule has 2 aromatic carbocycles. The first-order valence-corrected chi connectivity index (χ1v) is 7.86. The van der Waals surface area contributed by atoms with Crippen molar-refractivity contribution in [3.05, 3.63) is 74.3 Å². The molecular formula is C17H12Cl2N2O3. The fraction of sp³-hybridized carbons (Fsp3) is 0.118. The van der Waals surface area contributed by atoms with Crippen LogP contribution in [-0.4, -0.2) is 15.9 Å². The summed E-state index contributed by atoms with van der Waals surface area (Å²) in [4.78, 5) is 31.2. The van der Waals surface area contributed by atoms with Gasteiger partial charge in [-0.25, -0.2) is 9.78 Å². The molecule has 5 nitrogen and oxygen atoms in total. The average molecular weight is 363 g/mol. The highest BCUT2D eigenvalue weighted by Gasteiger charge is 2.17. The zero-order chi connectivity index (χ0) is 17.3. The van der Waals surface area contributed by atoms with Gasteiger partial charge < -0.3 is 9.72 Å². The number of carbonyl (C=O) groups excluding carboxylic acids is 1. The summed E-state index contributed by atoms with van der Waals surface area (Å²) in [5.74, 6) is -0.316. The monoisotopic (exact) mass is 362 g/mol. The number of aromatic amines is 1.